The van der Waals surface area contributed by atoms with Crippen molar-refractivity contribution < 1.29 is 14.3 Å². The first kappa shape index (κ1) is 20.2. The Hall–Kier alpha value is -2.68. The highest BCUT2D eigenvalue weighted by atomic mass is 32.1. The van der Waals surface area contributed by atoms with Gasteiger partial charge in [-0.25, -0.2) is 4.98 Å². The average molecular weight is 439 g/mol. The van der Waals surface area contributed by atoms with E-state index in [0.717, 1.165) is 48.6 Å². The molecule has 0 aliphatic carbocycles. The van der Waals surface area contributed by atoms with Crippen molar-refractivity contribution in [3.63, 3.8) is 0 Å². The van der Waals surface area contributed by atoms with Crippen LogP contribution in [0.2, 0.25) is 0 Å². The highest BCUT2D eigenvalue weighted by Crippen LogP contribution is 2.39. The summed E-state index contributed by atoms with van der Waals surface area (Å²) in [7, 11) is 1.64. The van der Waals surface area contributed by atoms with Gasteiger partial charge in [0.2, 0.25) is 0 Å². The smallest absolute Gasteiger partial charge is 0.257 e. The van der Waals surface area contributed by atoms with Crippen LogP contribution in [0.5, 0.6) is 5.75 Å². The molecule has 0 atom stereocenters. The van der Waals surface area contributed by atoms with E-state index in [1.165, 1.54) is 23.3 Å². The molecule has 3 heterocycles. The van der Waals surface area contributed by atoms with Gasteiger partial charge < -0.3 is 14.4 Å². The van der Waals surface area contributed by atoms with Crippen LogP contribution in [0, 0.1) is 0 Å². The van der Waals surface area contributed by atoms with Gasteiger partial charge >= 0.3 is 0 Å². The summed E-state index contributed by atoms with van der Waals surface area (Å²) in [6.07, 6.45) is 1.28. The Morgan fingerprint density at radius 3 is 2.58 bits per heavy atom. The van der Waals surface area contributed by atoms with Crippen molar-refractivity contribution in [1.82, 2.24) is 9.88 Å². The molecule has 2 aliphatic heterocycles. The molecule has 0 saturated carbocycles. The SMILES string of the molecule is COc1ccc(N2CCOCC2)c2sc(NC(=O)c3ccc(CN4CCC4)cc3)nc12. The zero-order valence-electron chi connectivity index (χ0n) is 17.6. The molecule has 31 heavy (non-hydrogen) atoms. The molecule has 162 valence electrons. The molecule has 7 nitrogen and oxygen atoms in total. The van der Waals surface area contributed by atoms with E-state index in [2.05, 4.69) is 26.2 Å². The zero-order chi connectivity index (χ0) is 21.2. The Morgan fingerprint density at radius 2 is 1.90 bits per heavy atom. The summed E-state index contributed by atoms with van der Waals surface area (Å²) in [5, 5.41) is 3.54. The van der Waals surface area contributed by atoms with Crippen LogP contribution in [0.3, 0.4) is 0 Å². The highest BCUT2D eigenvalue weighted by Gasteiger charge is 2.20. The largest absolute Gasteiger partial charge is 0.494 e. The molecule has 0 unspecified atom stereocenters. The topological polar surface area (TPSA) is 66.9 Å². The number of amides is 1. The Balaban J connectivity index is 1.36. The minimum Gasteiger partial charge on any atom is -0.494 e. The number of rotatable bonds is 6. The number of hydrogen-bond acceptors (Lipinski definition) is 7. The van der Waals surface area contributed by atoms with Gasteiger partial charge in [-0.1, -0.05) is 23.5 Å². The summed E-state index contributed by atoms with van der Waals surface area (Å²) >= 11 is 1.48. The molecule has 1 N–H and O–H groups in total. The maximum absolute atomic E-state index is 12.8. The Bertz CT molecular complexity index is 1070. The summed E-state index contributed by atoms with van der Waals surface area (Å²) in [5.74, 6) is 0.556. The number of hydrogen-bond donors (Lipinski definition) is 1. The number of carbonyl (C=O) groups is 1. The molecule has 1 aromatic heterocycles. The summed E-state index contributed by atoms with van der Waals surface area (Å²) in [6.45, 7) is 6.37. The van der Waals surface area contributed by atoms with Crippen LogP contribution >= 0.6 is 11.3 Å². The molecule has 2 fully saturated rings. The number of carbonyl (C=O) groups excluding carboxylic acids is 1. The van der Waals surface area contributed by atoms with Crippen LogP contribution in [0.4, 0.5) is 10.8 Å². The summed E-state index contributed by atoms with van der Waals surface area (Å²) in [4.78, 5) is 22.2. The average Bonchev–Trinajstić information content (AvgIpc) is 3.20. The number of benzene rings is 2. The first-order chi connectivity index (χ1) is 15.2. The first-order valence-corrected chi connectivity index (χ1v) is 11.5. The van der Waals surface area contributed by atoms with Gasteiger partial charge in [0, 0.05) is 25.2 Å². The number of anilines is 2. The summed E-state index contributed by atoms with van der Waals surface area (Å²) < 4.78 is 12.0. The van der Waals surface area contributed by atoms with E-state index in [-0.39, 0.29) is 5.91 Å². The van der Waals surface area contributed by atoms with E-state index < -0.39 is 0 Å². The van der Waals surface area contributed by atoms with E-state index in [4.69, 9.17) is 9.47 Å². The second kappa shape index (κ2) is 8.82. The van der Waals surface area contributed by atoms with E-state index in [1.807, 2.05) is 30.3 Å². The Labute approximate surface area is 185 Å². The molecule has 2 aliphatic rings. The molecule has 8 heteroatoms. The molecular weight excluding hydrogens is 412 g/mol. The fraction of sp³-hybridized carbons (Fsp3) is 0.391. The van der Waals surface area contributed by atoms with Crippen molar-refractivity contribution >= 4 is 38.3 Å². The summed E-state index contributed by atoms with van der Waals surface area (Å²) in [5.41, 5.74) is 3.74. The first-order valence-electron chi connectivity index (χ1n) is 10.6. The van der Waals surface area contributed by atoms with Crippen LogP contribution in [0.15, 0.2) is 36.4 Å². The number of aromatic nitrogens is 1. The normalized spacial score (nSPS) is 16.9. The van der Waals surface area contributed by atoms with E-state index in [0.29, 0.717) is 29.7 Å². The summed E-state index contributed by atoms with van der Waals surface area (Å²) in [6, 6.07) is 11.8. The second-order valence-corrected chi connectivity index (χ2v) is 8.86. The van der Waals surface area contributed by atoms with Crippen LogP contribution in [0.25, 0.3) is 10.2 Å². The minimum atomic E-state index is -0.151. The molecule has 3 aromatic rings. The van der Waals surface area contributed by atoms with Gasteiger partial charge in [0.15, 0.2) is 5.13 Å². The van der Waals surface area contributed by atoms with Crippen molar-refractivity contribution in [1.29, 1.82) is 0 Å². The van der Waals surface area contributed by atoms with Crippen LogP contribution in [-0.4, -0.2) is 62.3 Å². The molecule has 2 saturated heterocycles. The van der Waals surface area contributed by atoms with Crippen molar-refractivity contribution in [3.05, 3.63) is 47.5 Å². The lowest BCUT2D eigenvalue weighted by Crippen LogP contribution is -2.36. The Kier molecular flexibility index (Phi) is 5.76. The van der Waals surface area contributed by atoms with Gasteiger partial charge in [0.25, 0.3) is 5.91 Å². The van der Waals surface area contributed by atoms with Gasteiger partial charge in [0.05, 0.1) is 30.7 Å². The molecule has 2 aromatic carbocycles. The number of nitrogens with one attached hydrogen (secondary N) is 1. The number of nitrogens with zero attached hydrogens (tertiary/aromatic N) is 3. The predicted molar refractivity (Wildman–Crippen MR) is 123 cm³/mol. The van der Waals surface area contributed by atoms with E-state index in [1.54, 1.807) is 7.11 Å². The zero-order valence-corrected chi connectivity index (χ0v) is 18.4. The van der Waals surface area contributed by atoms with Crippen molar-refractivity contribution in [2.75, 3.05) is 56.7 Å². The van der Waals surface area contributed by atoms with Crippen molar-refractivity contribution in [3.8, 4) is 5.75 Å². The Morgan fingerprint density at radius 1 is 1.13 bits per heavy atom. The predicted octanol–water partition coefficient (Wildman–Crippen LogP) is 3.60. The maximum atomic E-state index is 12.8. The van der Waals surface area contributed by atoms with E-state index in [9.17, 15) is 4.79 Å². The van der Waals surface area contributed by atoms with Gasteiger partial charge in [-0.2, -0.15) is 0 Å². The quantitative estimate of drug-likeness (QED) is 0.634. The minimum absolute atomic E-state index is 0.151. The van der Waals surface area contributed by atoms with Gasteiger partial charge in [-0.15, -0.1) is 0 Å². The van der Waals surface area contributed by atoms with Gasteiger partial charge in [-0.05, 0) is 49.3 Å². The number of fused-ring (bicyclic) bond motifs is 1. The molecule has 0 radical (unpaired) electrons. The van der Waals surface area contributed by atoms with Crippen molar-refractivity contribution in [2.24, 2.45) is 0 Å². The number of thiazole rings is 1. The molecular formula is C23H26N4O3S. The standard InChI is InChI=1S/C23H26N4O3S/c1-29-19-8-7-18(27-11-13-30-14-12-27)21-20(19)24-23(31-21)25-22(28)17-5-3-16(4-6-17)15-26-9-2-10-26/h3-8H,2,9-15H2,1H3,(H,24,25,28). The lowest BCUT2D eigenvalue weighted by molar-refractivity contribution is 0.102. The molecule has 0 bridgehead atoms. The molecule has 0 spiro atoms. The molecule has 1 amide bonds. The van der Waals surface area contributed by atoms with Crippen LogP contribution in [0.1, 0.15) is 22.3 Å². The van der Waals surface area contributed by atoms with E-state index >= 15 is 0 Å². The fourth-order valence-corrected chi connectivity index (χ4v) is 4.99. The molecule has 5 rings (SSSR count). The number of likely N-dealkylation sites (tertiary alicyclic amines) is 1. The fourth-order valence-electron chi connectivity index (χ4n) is 3.97. The van der Waals surface area contributed by atoms with Crippen LogP contribution < -0.4 is 15.0 Å². The third kappa shape index (κ3) is 4.23. The number of ether oxygens (including phenoxy) is 2. The lowest BCUT2D eigenvalue weighted by Gasteiger charge is -2.30. The lowest BCUT2D eigenvalue weighted by atomic mass is 10.1. The highest BCUT2D eigenvalue weighted by molar-refractivity contribution is 7.23. The number of methoxy groups -OCH3 is 1. The van der Waals surface area contributed by atoms with Crippen LogP contribution in [-0.2, 0) is 11.3 Å². The third-order valence-electron chi connectivity index (χ3n) is 5.85. The number of morpholine rings is 1. The van der Waals surface area contributed by atoms with Gasteiger partial charge in [-0.3, -0.25) is 15.0 Å². The van der Waals surface area contributed by atoms with Crippen molar-refractivity contribution in [2.45, 2.75) is 13.0 Å². The monoisotopic (exact) mass is 438 g/mol. The van der Waals surface area contributed by atoms with Gasteiger partial charge in [0.1, 0.15) is 11.3 Å². The third-order valence-corrected chi connectivity index (χ3v) is 6.84. The second-order valence-electron chi connectivity index (χ2n) is 7.86. The maximum Gasteiger partial charge on any atom is 0.257 e.